The van der Waals surface area contributed by atoms with Crippen LogP contribution >= 0.6 is 0 Å². The van der Waals surface area contributed by atoms with Gasteiger partial charge in [-0.25, -0.2) is 4.79 Å². The summed E-state index contributed by atoms with van der Waals surface area (Å²) in [5, 5.41) is 34.2. The van der Waals surface area contributed by atoms with E-state index in [0.29, 0.717) is 0 Å². The van der Waals surface area contributed by atoms with Gasteiger partial charge in [-0.2, -0.15) is 0 Å². The van der Waals surface area contributed by atoms with E-state index in [2.05, 4.69) is 18.4 Å². The Morgan fingerprint density at radius 2 is 0.968 bits per heavy atom. The van der Waals surface area contributed by atoms with E-state index in [4.69, 9.17) is 20.1 Å². The van der Waals surface area contributed by atoms with Crippen molar-refractivity contribution in [2.45, 2.75) is 116 Å². The van der Waals surface area contributed by atoms with E-state index in [-0.39, 0.29) is 71.0 Å². The molecule has 0 bridgehead atoms. The number of hydrogen-bond acceptors (Lipinski definition) is 6. The van der Waals surface area contributed by atoms with Crippen molar-refractivity contribution in [3.05, 3.63) is 0 Å². The molecule has 0 heterocycles. The molecule has 0 aliphatic heterocycles. The predicted molar refractivity (Wildman–Crippen MR) is 119 cm³/mol. The number of aliphatic hydroxyl groups excluding tert-OH is 3. The number of aliphatic carboxylic acids is 1. The van der Waals surface area contributed by atoms with Gasteiger partial charge in [-0.15, -0.1) is 0 Å². The maximum atomic E-state index is 10.2. The predicted octanol–water partition coefficient (Wildman–Crippen LogP) is -0.642. The number of primary amides is 2. The molecule has 31 heavy (non-hydrogen) atoms. The topological polar surface area (TPSA) is 170 Å². The maximum Gasteiger partial charge on any atom is 1.00 e. The number of nitrogens with two attached hydrogens (primary N) is 2. The molecule has 8 nitrogen and oxygen atoms in total. The Bertz CT molecular complexity index is 355. The van der Waals surface area contributed by atoms with E-state index in [9.17, 15) is 9.90 Å². The Kier molecular flexibility index (Phi) is 43.3. The van der Waals surface area contributed by atoms with Crippen LogP contribution in [0.2, 0.25) is 0 Å². The van der Waals surface area contributed by atoms with Gasteiger partial charge in [0.05, 0.1) is 13.2 Å². The van der Waals surface area contributed by atoms with Gasteiger partial charge in [0.25, 0.3) is 0 Å². The van der Waals surface area contributed by atoms with E-state index in [1.54, 1.807) is 0 Å². The van der Waals surface area contributed by atoms with Gasteiger partial charge >= 0.3 is 57.4 Å². The molecule has 0 saturated heterocycles. The van der Waals surface area contributed by atoms with Crippen molar-refractivity contribution in [3.63, 3.8) is 0 Å². The summed E-state index contributed by atoms with van der Waals surface area (Å²) in [6.45, 7) is 1.54. The molecule has 0 unspecified atom stereocenters. The number of unbranched alkanes of at least 4 members (excludes halogenated alkanes) is 14. The van der Waals surface area contributed by atoms with Gasteiger partial charge in [0.2, 0.25) is 0 Å². The minimum Gasteiger partial charge on any atom is -0.550 e. The maximum absolute atomic E-state index is 10.2. The van der Waals surface area contributed by atoms with Crippen LogP contribution in [0, 0.1) is 0 Å². The average molecular weight is 475 g/mol. The number of hydrogen-bond donors (Lipinski definition) is 5. The second-order valence-electron chi connectivity index (χ2n) is 7.49. The molecule has 0 radical (unpaired) electrons. The summed E-state index contributed by atoms with van der Waals surface area (Å²) in [5.74, 6) is -0.903. The zero-order valence-corrected chi connectivity index (χ0v) is 23.1. The first-order valence-electron chi connectivity index (χ1n) is 11.5. The minimum atomic E-state index is -0.954. The second-order valence-corrected chi connectivity index (χ2v) is 7.49. The van der Waals surface area contributed by atoms with Crippen LogP contribution in [0.5, 0.6) is 0 Å². The van der Waals surface area contributed by atoms with E-state index < -0.39 is 18.1 Å². The van der Waals surface area contributed by atoms with Crippen LogP contribution in [-0.2, 0) is 4.79 Å². The fourth-order valence-electron chi connectivity index (χ4n) is 2.70. The van der Waals surface area contributed by atoms with Crippen molar-refractivity contribution >= 4 is 12.0 Å². The monoisotopic (exact) mass is 474 g/mol. The molecule has 0 aromatic carbocycles. The fourth-order valence-corrected chi connectivity index (χ4v) is 2.70. The minimum absolute atomic E-state index is 0. The second kappa shape index (κ2) is 34.9. The van der Waals surface area contributed by atoms with E-state index in [1.165, 1.54) is 83.5 Å². The van der Waals surface area contributed by atoms with Crippen LogP contribution in [0.3, 0.4) is 0 Å². The van der Waals surface area contributed by atoms with Crippen molar-refractivity contribution in [2.24, 2.45) is 11.5 Å². The molecular weight excluding hydrogens is 427 g/mol. The van der Waals surface area contributed by atoms with Crippen LogP contribution < -0.4 is 68.0 Å². The third-order valence-corrected chi connectivity index (χ3v) is 4.41. The van der Waals surface area contributed by atoms with Crippen molar-refractivity contribution < 1.29 is 81.4 Å². The summed E-state index contributed by atoms with van der Waals surface area (Å²) in [6.07, 6.45) is 18.9. The Balaban J connectivity index is -0.000000275. The molecule has 0 aliphatic rings. The Morgan fingerprint density at radius 1 is 0.710 bits per heavy atom. The molecule has 0 spiro atoms. The summed E-state index contributed by atoms with van der Waals surface area (Å²) >= 11 is 0. The first-order valence-corrected chi connectivity index (χ1v) is 11.5. The molecule has 7 N–H and O–H groups in total. The summed E-state index contributed by atoms with van der Waals surface area (Å²) in [4.78, 5) is 19.2. The molecule has 2 amide bonds. The Hall–Kier alpha value is 0.256. The molecule has 0 atom stereocenters. The Morgan fingerprint density at radius 3 is 1.16 bits per heavy atom. The number of carbonyl (C=O) groups excluding carboxylic acids is 2. The first-order chi connectivity index (χ1) is 14.3. The van der Waals surface area contributed by atoms with Gasteiger partial charge in [0.1, 0.15) is 6.10 Å². The molecule has 182 valence electrons. The van der Waals surface area contributed by atoms with Crippen molar-refractivity contribution in [1.82, 2.24) is 0 Å². The normalized spacial score (nSPS) is 9.71. The molecule has 0 fully saturated rings. The van der Waals surface area contributed by atoms with E-state index in [1.807, 2.05) is 0 Å². The van der Waals surface area contributed by atoms with Gasteiger partial charge in [-0.1, -0.05) is 96.8 Å². The zero-order valence-electron chi connectivity index (χ0n) is 20.0. The molecule has 0 saturated carbocycles. The SMILES string of the molecule is CCCCCCCCCCCCCCCCCC(=O)[O-].NC(N)=O.OCC(O)CO.[K+]. The largest absolute Gasteiger partial charge is 1.00 e. The third kappa shape index (κ3) is 53.5. The van der Waals surface area contributed by atoms with Gasteiger partial charge in [-0.05, 0) is 12.8 Å². The molecule has 0 aromatic rings. The summed E-state index contributed by atoms with van der Waals surface area (Å²) in [7, 11) is 0. The summed E-state index contributed by atoms with van der Waals surface area (Å²) < 4.78 is 0. The molecule has 9 heteroatoms. The van der Waals surface area contributed by atoms with E-state index in [0.717, 1.165) is 12.8 Å². The van der Waals surface area contributed by atoms with Crippen LogP contribution in [0.25, 0.3) is 0 Å². The average Bonchev–Trinajstić information content (AvgIpc) is 2.70. The number of amides is 2. The van der Waals surface area contributed by atoms with Gasteiger partial charge in [0, 0.05) is 5.97 Å². The number of urea groups is 1. The molecule has 0 aliphatic carbocycles. The van der Waals surface area contributed by atoms with Gasteiger partial charge in [0.15, 0.2) is 0 Å². The van der Waals surface area contributed by atoms with Gasteiger partial charge in [-0.3, -0.25) is 0 Å². The van der Waals surface area contributed by atoms with Gasteiger partial charge < -0.3 is 36.7 Å². The van der Waals surface area contributed by atoms with Crippen molar-refractivity contribution in [1.29, 1.82) is 0 Å². The van der Waals surface area contributed by atoms with Crippen LogP contribution in [-0.4, -0.2) is 46.6 Å². The van der Waals surface area contributed by atoms with Crippen molar-refractivity contribution in [2.75, 3.05) is 13.2 Å². The summed E-state index contributed by atoms with van der Waals surface area (Å²) in [6, 6.07) is -0.833. The summed E-state index contributed by atoms with van der Waals surface area (Å²) in [5.41, 5.74) is 8.50. The number of aliphatic hydroxyl groups is 3. The van der Waals surface area contributed by atoms with E-state index >= 15 is 0 Å². The van der Waals surface area contributed by atoms with Crippen LogP contribution in [0.15, 0.2) is 0 Å². The quantitative estimate of drug-likeness (QED) is 0.131. The molecule has 0 aromatic heterocycles. The smallest absolute Gasteiger partial charge is 0.550 e. The molecule has 0 rings (SSSR count). The zero-order chi connectivity index (χ0) is 23.5. The number of carboxylic acids is 1. The number of carbonyl (C=O) groups is 2. The van der Waals surface area contributed by atoms with Crippen LogP contribution in [0.1, 0.15) is 110 Å². The molecular formula is C22H47KN2O6. The first kappa shape index (κ1) is 38.5. The third-order valence-electron chi connectivity index (χ3n) is 4.41. The fraction of sp³-hybridized carbons (Fsp3) is 0.909. The Labute approximate surface area is 232 Å². The number of rotatable bonds is 18. The standard InChI is InChI=1S/C18H36O2.C3H8O3.CH4N2O.K/c1-2-3-4-5-6-7-8-9-10-11-12-13-14-15-16-17-18(19)20;4-1-3(6)2-5;2-1(3)4;/h2-17H2,1H3,(H,19,20);3-6H,1-2H2;(H4,2,3,4);/q;;;+1/p-1. The van der Waals surface area contributed by atoms with Crippen molar-refractivity contribution in [3.8, 4) is 0 Å². The number of carboxylic acid groups (broad SMARTS) is 1. The van der Waals surface area contributed by atoms with Crippen LogP contribution in [0.4, 0.5) is 4.79 Å².